The number of allylic oxidation sites excluding steroid dienone is 2. The van der Waals surface area contributed by atoms with Gasteiger partial charge in [-0.3, -0.25) is 19.4 Å². The first-order valence-electron chi connectivity index (χ1n) is 11.8. The second-order valence-corrected chi connectivity index (χ2v) is 9.26. The van der Waals surface area contributed by atoms with Gasteiger partial charge in [0.05, 0.1) is 23.8 Å². The Kier molecular flexibility index (Phi) is 5.83. The summed E-state index contributed by atoms with van der Waals surface area (Å²) in [6, 6.07) is 1.53. The second kappa shape index (κ2) is 8.92. The summed E-state index contributed by atoms with van der Waals surface area (Å²) in [6.45, 7) is 3.30. The van der Waals surface area contributed by atoms with Crippen LogP contribution in [0.3, 0.4) is 0 Å². The van der Waals surface area contributed by atoms with Crippen molar-refractivity contribution >= 4 is 11.8 Å². The number of nitrogens with zero attached hydrogens (tertiary/aromatic N) is 4. The SMILES string of the molecule is Cc1cnccc1C(=O)N1CCc2nc([C@H]3CCCN3C(=O)C[C@H]3C=CCC3)[nH]c(=O)c2C1. The zero-order valence-electron chi connectivity index (χ0n) is 18.9. The van der Waals surface area contributed by atoms with E-state index in [0.717, 1.165) is 36.9 Å². The van der Waals surface area contributed by atoms with E-state index in [2.05, 4.69) is 22.1 Å². The van der Waals surface area contributed by atoms with E-state index in [0.29, 0.717) is 48.8 Å². The Hall–Kier alpha value is -3.29. The summed E-state index contributed by atoms with van der Waals surface area (Å²) in [7, 11) is 0. The van der Waals surface area contributed by atoms with Gasteiger partial charge in [-0.1, -0.05) is 12.2 Å². The van der Waals surface area contributed by atoms with Crippen LogP contribution < -0.4 is 5.56 Å². The number of aromatic amines is 1. The molecule has 0 saturated carbocycles. The van der Waals surface area contributed by atoms with Gasteiger partial charge in [-0.15, -0.1) is 0 Å². The van der Waals surface area contributed by atoms with Gasteiger partial charge in [0.25, 0.3) is 11.5 Å². The van der Waals surface area contributed by atoms with E-state index >= 15 is 0 Å². The van der Waals surface area contributed by atoms with Gasteiger partial charge in [0, 0.05) is 43.9 Å². The minimum absolute atomic E-state index is 0.0995. The highest BCUT2D eigenvalue weighted by Gasteiger charge is 2.34. The molecule has 0 radical (unpaired) electrons. The fraction of sp³-hybridized carbons (Fsp3) is 0.480. The third kappa shape index (κ3) is 4.21. The molecule has 172 valence electrons. The van der Waals surface area contributed by atoms with Crippen molar-refractivity contribution in [3.8, 4) is 0 Å². The predicted octanol–water partition coefficient (Wildman–Crippen LogP) is 2.69. The molecule has 1 saturated heterocycles. The number of likely N-dealkylation sites (tertiary alicyclic amines) is 1. The molecule has 33 heavy (non-hydrogen) atoms. The fourth-order valence-electron chi connectivity index (χ4n) is 5.22. The molecule has 8 nitrogen and oxygen atoms in total. The topological polar surface area (TPSA) is 99.3 Å². The average Bonchev–Trinajstić information content (AvgIpc) is 3.51. The van der Waals surface area contributed by atoms with Crippen molar-refractivity contribution in [1.29, 1.82) is 0 Å². The summed E-state index contributed by atoms with van der Waals surface area (Å²) in [5.74, 6) is 0.939. The maximum atomic E-state index is 13.0. The monoisotopic (exact) mass is 447 g/mol. The zero-order chi connectivity index (χ0) is 22.9. The Morgan fingerprint density at radius 2 is 2.12 bits per heavy atom. The molecule has 3 aliphatic rings. The van der Waals surface area contributed by atoms with Crippen LogP contribution in [0.1, 0.15) is 71.1 Å². The van der Waals surface area contributed by atoms with Gasteiger partial charge in [-0.25, -0.2) is 4.98 Å². The lowest BCUT2D eigenvalue weighted by atomic mass is 10.0. The number of rotatable bonds is 4. The number of H-pyrrole nitrogens is 1. The summed E-state index contributed by atoms with van der Waals surface area (Å²) in [6.07, 6.45) is 12.4. The van der Waals surface area contributed by atoms with E-state index in [9.17, 15) is 14.4 Å². The van der Waals surface area contributed by atoms with Gasteiger partial charge in [0.1, 0.15) is 5.82 Å². The van der Waals surface area contributed by atoms with E-state index in [1.54, 1.807) is 23.4 Å². The van der Waals surface area contributed by atoms with Crippen molar-refractivity contribution in [1.82, 2.24) is 24.8 Å². The molecule has 0 spiro atoms. The van der Waals surface area contributed by atoms with Crippen LogP contribution in [0.5, 0.6) is 0 Å². The lowest BCUT2D eigenvalue weighted by Gasteiger charge is -2.30. The number of carbonyl (C=O) groups is 2. The molecule has 1 aliphatic carbocycles. The molecule has 2 aromatic rings. The Morgan fingerprint density at radius 3 is 2.91 bits per heavy atom. The Morgan fingerprint density at radius 1 is 1.24 bits per heavy atom. The van der Waals surface area contributed by atoms with Crippen LogP contribution in [0.4, 0.5) is 0 Å². The molecule has 2 amide bonds. The quantitative estimate of drug-likeness (QED) is 0.727. The molecule has 2 aromatic heterocycles. The van der Waals surface area contributed by atoms with Crippen LogP contribution >= 0.6 is 0 Å². The molecule has 0 aromatic carbocycles. The van der Waals surface area contributed by atoms with Crippen molar-refractivity contribution < 1.29 is 9.59 Å². The smallest absolute Gasteiger partial charge is 0.256 e. The van der Waals surface area contributed by atoms with Crippen LogP contribution in [-0.4, -0.2) is 49.7 Å². The lowest BCUT2D eigenvalue weighted by molar-refractivity contribution is -0.133. The van der Waals surface area contributed by atoms with Crippen LogP contribution in [0.25, 0.3) is 0 Å². The van der Waals surface area contributed by atoms with E-state index in [1.165, 1.54) is 0 Å². The van der Waals surface area contributed by atoms with Crippen molar-refractivity contribution in [3.63, 3.8) is 0 Å². The van der Waals surface area contributed by atoms with Crippen LogP contribution in [-0.2, 0) is 17.8 Å². The van der Waals surface area contributed by atoms with Gasteiger partial charge in [0.15, 0.2) is 0 Å². The third-order valence-electron chi connectivity index (χ3n) is 7.06. The first-order chi connectivity index (χ1) is 16.0. The van der Waals surface area contributed by atoms with Gasteiger partial charge in [-0.2, -0.15) is 0 Å². The number of amides is 2. The summed E-state index contributed by atoms with van der Waals surface area (Å²) in [4.78, 5) is 54.3. The van der Waals surface area contributed by atoms with Gasteiger partial charge in [-0.05, 0) is 50.2 Å². The minimum atomic E-state index is -0.211. The molecule has 0 unspecified atom stereocenters. The molecule has 1 fully saturated rings. The van der Waals surface area contributed by atoms with Crippen molar-refractivity contribution in [2.45, 2.75) is 58.0 Å². The van der Waals surface area contributed by atoms with Gasteiger partial charge >= 0.3 is 0 Å². The maximum Gasteiger partial charge on any atom is 0.256 e. The Balaban J connectivity index is 1.34. The normalized spacial score (nSPS) is 22.0. The molecular formula is C25H29N5O3. The Bertz CT molecular complexity index is 1170. The number of carbonyl (C=O) groups excluding carboxylic acids is 2. The van der Waals surface area contributed by atoms with Crippen LogP contribution in [0.15, 0.2) is 35.4 Å². The molecule has 2 atom stereocenters. The Labute approximate surface area is 192 Å². The first-order valence-corrected chi connectivity index (χ1v) is 11.8. The first kappa shape index (κ1) is 21.6. The molecule has 5 rings (SSSR count). The number of hydrogen-bond acceptors (Lipinski definition) is 5. The number of hydrogen-bond donors (Lipinski definition) is 1. The standard InChI is InChI=1S/C25H29N5O3/c1-16-14-26-10-8-18(16)25(33)29-12-9-20-19(15-29)24(32)28-23(27-20)21-7-4-11-30(21)22(31)13-17-5-2-3-6-17/h2,5,8,10,14,17,21H,3-4,6-7,9,11-13,15H2,1H3,(H,27,28,32)/t17-,21+/m0/s1. The molecule has 8 heteroatoms. The molecule has 4 heterocycles. The van der Waals surface area contributed by atoms with Crippen LogP contribution in [0.2, 0.25) is 0 Å². The largest absolute Gasteiger partial charge is 0.334 e. The lowest BCUT2D eigenvalue weighted by Crippen LogP contribution is -2.41. The number of nitrogens with one attached hydrogen (secondary N) is 1. The average molecular weight is 448 g/mol. The van der Waals surface area contributed by atoms with E-state index < -0.39 is 0 Å². The second-order valence-electron chi connectivity index (χ2n) is 9.26. The summed E-state index contributed by atoms with van der Waals surface area (Å²) in [5, 5.41) is 0. The highest BCUT2D eigenvalue weighted by atomic mass is 16.2. The van der Waals surface area contributed by atoms with E-state index in [1.807, 2.05) is 11.8 Å². The van der Waals surface area contributed by atoms with Crippen molar-refractivity contribution in [3.05, 3.63) is 69.2 Å². The predicted molar refractivity (Wildman–Crippen MR) is 122 cm³/mol. The highest BCUT2D eigenvalue weighted by molar-refractivity contribution is 5.95. The van der Waals surface area contributed by atoms with Gasteiger partial charge in [0.2, 0.25) is 5.91 Å². The zero-order valence-corrected chi connectivity index (χ0v) is 18.9. The molecule has 2 aliphatic heterocycles. The highest BCUT2D eigenvalue weighted by Crippen LogP contribution is 2.32. The van der Waals surface area contributed by atoms with Crippen LogP contribution in [0, 0.1) is 12.8 Å². The number of pyridine rings is 1. The number of fused-ring (bicyclic) bond motifs is 1. The number of aryl methyl sites for hydroxylation is 1. The van der Waals surface area contributed by atoms with Gasteiger partial charge < -0.3 is 14.8 Å². The molecule has 1 N–H and O–H groups in total. The molecule has 0 bridgehead atoms. The van der Waals surface area contributed by atoms with E-state index in [-0.39, 0.29) is 30.0 Å². The number of aromatic nitrogens is 3. The third-order valence-corrected chi connectivity index (χ3v) is 7.06. The summed E-state index contributed by atoms with van der Waals surface area (Å²) >= 11 is 0. The van der Waals surface area contributed by atoms with Crippen molar-refractivity contribution in [2.24, 2.45) is 5.92 Å². The van der Waals surface area contributed by atoms with Crippen molar-refractivity contribution in [2.75, 3.05) is 13.1 Å². The molecular weight excluding hydrogens is 418 g/mol. The summed E-state index contributed by atoms with van der Waals surface area (Å²) < 4.78 is 0. The maximum absolute atomic E-state index is 13.0. The summed E-state index contributed by atoms with van der Waals surface area (Å²) in [5.41, 5.74) is 2.48. The minimum Gasteiger partial charge on any atom is -0.334 e. The fourth-order valence-corrected chi connectivity index (χ4v) is 5.22. The van der Waals surface area contributed by atoms with E-state index in [4.69, 9.17) is 4.98 Å².